The summed E-state index contributed by atoms with van der Waals surface area (Å²) in [4.78, 5) is 12.2. The van der Waals surface area contributed by atoms with Crippen molar-refractivity contribution in [2.45, 2.75) is 51.2 Å². The molecule has 1 fully saturated rings. The van der Waals surface area contributed by atoms with Crippen molar-refractivity contribution in [3.05, 3.63) is 36.4 Å². The van der Waals surface area contributed by atoms with Crippen LogP contribution in [0, 0.1) is 0 Å². The third-order valence-corrected chi connectivity index (χ3v) is 3.91. The van der Waals surface area contributed by atoms with Gasteiger partial charge in [-0.15, -0.1) is 0 Å². The maximum atomic E-state index is 12.2. The van der Waals surface area contributed by atoms with Gasteiger partial charge in [-0.1, -0.05) is 25.7 Å². The van der Waals surface area contributed by atoms with Crippen molar-refractivity contribution in [3.8, 4) is 0 Å². The highest BCUT2D eigenvalue weighted by Crippen LogP contribution is 2.17. The summed E-state index contributed by atoms with van der Waals surface area (Å²) in [6.45, 7) is 0.518. The normalized spacial score (nSPS) is 16.6. The second kappa shape index (κ2) is 6.56. The summed E-state index contributed by atoms with van der Waals surface area (Å²) in [5, 5.41) is 11.6. The van der Waals surface area contributed by atoms with Crippen LogP contribution in [0.25, 0.3) is 0 Å². The summed E-state index contributed by atoms with van der Waals surface area (Å²) in [6, 6.07) is 3.93. The molecular formula is C15H21N5O. The zero-order chi connectivity index (χ0) is 14.5. The van der Waals surface area contributed by atoms with Crippen LogP contribution < -0.4 is 5.32 Å². The number of rotatable bonds is 4. The largest absolute Gasteiger partial charge is 0.348 e. The molecule has 0 aromatic carbocycles. The molecule has 1 aliphatic carbocycles. The molecule has 1 N–H and O–H groups in total. The standard InChI is InChI=1S/C15H21N5O/c21-15(17-13-6-3-1-2-4-7-13)14-8-11-20(18-14)12-19-10-5-9-16-19/h5,8-11,13H,1-4,6-7,12H2,(H,17,21). The lowest BCUT2D eigenvalue weighted by Crippen LogP contribution is -2.34. The number of aromatic nitrogens is 4. The van der Waals surface area contributed by atoms with Crippen LogP contribution in [0.4, 0.5) is 0 Å². The molecule has 6 nitrogen and oxygen atoms in total. The maximum Gasteiger partial charge on any atom is 0.271 e. The van der Waals surface area contributed by atoms with Crippen LogP contribution in [-0.2, 0) is 6.67 Å². The topological polar surface area (TPSA) is 64.7 Å². The van der Waals surface area contributed by atoms with E-state index < -0.39 is 0 Å². The number of amides is 1. The van der Waals surface area contributed by atoms with Crippen molar-refractivity contribution in [1.82, 2.24) is 24.9 Å². The van der Waals surface area contributed by atoms with E-state index in [1.54, 1.807) is 21.6 Å². The molecule has 6 heteroatoms. The lowest BCUT2D eigenvalue weighted by Gasteiger charge is -2.15. The van der Waals surface area contributed by atoms with Gasteiger partial charge in [0.25, 0.3) is 5.91 Å². The smallest absolute Gasteiger partial charge is 0.271 e. The molecule has 0 aliphatic heterocycles. The quantitative estimate of drug-likeness (QED) is 0.875. The van der Waals surface area contributed by atoms with Gasteiger partial charge in [-0.3, -0.25) is 14.2 Å². The van der Waals surface area contributed by atoms with Crippen molar-refractivity contribution in [3.63, 3.8) is 0 Å². The van der Waals surface area contributed by atoms with Gasteiger partial charge < -0.3 is 5.32 Å². The molecule has 0 unspecified atom stereocenters. The average Bonchev–Trinajstić information content (AvgIpc) is 3.09. The molecule has 1 saturated carbocycles. The molecule has 2 aromatic heterocycles. The van der Waals surface area contributed by atoms with Gasteiger partial charge in [0.2, 0.25) is 0 Å². The highest BCUT2D eigenvalue weighted by molar-refractivity contribution is 5.92. The monoisotopic (exact) mass is 287 g/mol. The van der Waals surface area contributed by atoms with Gasteiger partial charge in [0, 0.05) is 24.6 Å². The number of nitrogens with zero attached hydrogens (tertiary/aromatic N) is 4. The van der Waals surface area contributed by atoms with Gasteiger partial charge in [-0.25, -0.2) is 0 Å². The van der Waals surface area contributed by atoms with Crippen LogP contribution >= 0.6 is 0 Å². The minimum absolute atomic E-state index is 0.0684. The predicted molar refractivity (Wildman–Crippen MR) is 78.8 cm³/mol. The minimum atomic E-state index is -0.0684. The Hall–Kier alpha value is -2.11. The van der Waals surface area contributed by atoms with E-state index >= 15 is 0 Å². The number of carbonyl (C=O) groups excluding carboxylic acids is 1. The lowest BCUT2D eigenvalue weighted by atomic mass is 10.1. The minimum Gasteiger partial charge on any atom is -0.348 e. The molecule has 0 atom stereocenters. The molecule has 2 aromatic rings. The molecular weight excluding hydrogens is 266 g/mol. The number of nitrogens with one attached hydrogen (secondary N) is 1. The first kappa shape index (κ1) is 13.9. The third-order valence-electron chi connectivity index (χ3n) is 3.91. The molecule has 2 heterocycles. The van der Waals surface area contributed by atoms with E-state index in [-0.39, 0.29) is 5.91 Å². The maximum absolute atomic E-state index is 12.2. The van der Waals surface area contributed by atoms with E-state index in [1.807, 2.05) is 18.5 Å². The Labute approximate surface area is 124 Å². The second-order valence-corrected chi connectivity index (χ2v) is 5.59. The van der Waals surface area contributed by atoms with Gasteiger partial charge in [0.1, 0.15) is 12.4 Å². The van der Waals surface area contributed by atoms with E-state index in [9.17, 15) is 4.79 Å². The number of hydrogen-bond acceptors (Lipinski definition) is 3. The third kappa shape index (κ3) is 3.71. The average molecular weight is 287 g/mol. The predicted octanol–water partition coefficient (Wildman–Crippen LogP) is 2.04. The van der Waals surface area contributed by atoms with Crippen molar-refractivity contribution < 1.29 is 4.79 Å². The van der Waals surface area contributed by atoms with Gasteiger partial charge in [0.05, 0.1) is 0 Å². The molecule has 21 heavy (non-hydrogen) atoms. The fraction of sp³-hybridized carbons (Fsp3) is 0.533. The Morgan fingerprint density at radius 1 is 1.19 bits per heavy atom. The Morgan fingerprint density at radius 2 is 2.00 bits per heavy atom. The molecule has 0 radical (unpaired) electrons. The summed E-state index contributed by atoms with van der Waals surface area (Å²) >= 11 is 0. The Kier molecular flexibility index (Phi) is 4.33. The van der Waals surface area contributed by atoms with Crippen molar-refractivity contribution >= 4 is 5.91 Å². The van der Waals surface area contributed by atoms with Gasteiger partial charge in [0.15, 0.2) is 0 Å². The SMILES string of the molecule is O=C(NC1CCCCCC1)c1ccn(Cn2cccn2)n1. The highest BCUT2D eigenvalue weighted by Gasteiger charge is 2.17. The fourth-order valence-corrected chi connectivity index (χ4v) is 2.78. The zero-order valence-electron chi connectivity index (χ0n) is 12.1. The molecule has 0 bridgehead atoms. The summed E-state index contributed by atoms with van der Waals surface area (Å²) in [7, 11) is 0. The van der Waals surface area contributed by atoms with Gasteiger partial charge >= 0.3 is 0 Å². The van der Waals surface area contributed by atoms with Crippen LogP contribution in [0.3, 0.4) is 0 Å². The molecule has 112 valence electrons. The molecule has 1 amide bonds. The first-order valence-electron chi connectivity index (χ1n) is 7.63. The van der Waals surface area contributed by atoms with Crippen LogP contribution in [-0.4, -0.2) is 31.5 Å². The van der Waals surface area contributed by atoms with E-state index in [0.717, 1.165) is 12.8 Å². The zero-order valence-corrected chi connectivity index (χ0v) is 12.1. The summed E-state index contributed by atoms with van der Waals surface area (Å²) < 4.78 is 3.48. The lowest BCUT2D eigenvalue weighted by molar-refractivity contribution is 0.0927. The van der Waals surface area contributed by atoms with Gasteiger partial charge in [-0.2, -0.15) is 10.2 Å². The van der Waals surface area contributed by atoms with Crippen LogP contribution in [0.5, 0.6) is 0 Å². The molecule has 0 saturated heterocycles. The fourth-order valence-electron chi connectivity index (χ4n) is 2.78. The van der Waals surface area contributed by atoms with Crippen LogP contribution in [0.1, 0.15) is 49.0 Å². The number of carbonyl (C=O) groups is 1. The molecule has 0 spiro atoms. The van der Waals surface area contributed by atoms with E-state index in [0.29, 0.717) is 18.4 Å². The summed E-state index contributed by atoms with van der Waals surface area (Å²) in [5.41, 5.74) is 0.478. The molecule has 1 aliphatic rings. The Balaban J connectivity index is 1.58. The highest BCUT2D eigenvalue weighted by atomic mass is 16.2. The number of hydrogen-bond donors (Lipinski definition) is 1. The first-order chi connectivity index (χ1) is 10.3. The van der Waals surface area contributed by atoms with Crippen molar-refractivity contribution in [2.75, 3.05) is 0 Å². The van der Waals surface area contributed by atoms with E-state index in [4.69, 9.17) is 0 Å². The summed E-state index contributed by atoms with van der Waals surface area (Å²) in [6.07, 6.45) is 12.5. The summed E-state index contributed by atoms with van der Waals surface area (Å²) in [5.74, 6) is -0.0684. The Bertz CT molecular complexity index is 567. The first-order valence-corrected chi connectivity index (χ1v) is 7.63. The van der Waals surface area contributed by atoms with Crippen LogP contribution in [0.15, 0.2) is 30.7 Å². The van der Waals surface area contributed by atoms with Gasteiger partial charge in [-0.05, 0) is 25.0 Å². The Morgan fingerprint density at radius 3 is 2.71 bits per heavy atom. The second-order valence-electron chi connectivity index (χ2n) is 5.59. The van der Waals surface area contributed by atoms with Crippen LogP contribution in [0.2, 0.25) is 0 Å². The van der Waals surface area contributed by atoms with E-state index in [2.05, 4.69) is 15.5 Å². The van der Waals surface area contributed by atoms with Crippen molar-refractivity contribution in [2.24, 2.45) is 0 Å². The van der Waals surface area contributed by atoms with Crippen molar-refractivity contribution in [1.29, 1.82) is 0 Å². The molecule has 3 rings (SSSR count). The van der Waals surface area contributed by atoms with E-state index in [1.165, 1.54) is 25.7 Å².